The van der Waals surface area contributed by atoms with Crippen LogP contribution in [0, 0.1) is 0 Å². The quantitative estimate of drug-likeness (QED) is 0.735. The van der Waals surface area contributed by atoms with E-state index in [0.717, 1.165) is 5.56 Å². The van der Waals surface area contributed by atoms with Gasteiger partial charge in [-0.2, -0.15) is 4.31 Å². The van der Waals surface area contributed by atoms with E-state index in [-0.39, 0.29) is 24.0 Å². The van der Waals surface area contributed by atoms with Crippen LogP contribution in [0.5, 0.6) is 5.75 Å². The molecule has 2 aromatic carbocycles. The molecule has 0 bridgehead atoms. The third kappa shape index (κ3) is 5.45. The van der Waals surface area contributed by atoms with Crippen LogP contribution in [-0.2, 0) is 26.1 Å². The second-order valence-electron chi connectivity index (χ2n) is 6.18. The lowest BCUT2D eigenvalue weighted by Gasteiger charge is -2.26. The van der Waals surface area contributed by atoms with E-state index in [1.54, 1.807) is 48.5 Å². The van der Waals surface area contributed by atoms with Crippen molar-refractivity contribution in [2.24, 2.45) is 0 Å². The molecule has 1 aliphatic heterocycles. The highest BCUT2D eigenvalue weighted by Gasteiger charge is 2.26. The topological polar surface area (TPSA) is 84.9 Å². The van der Waals surface area contributed by atoms with Gasteiger partial charge < -0.3 is 14.8 Å². The summed E-state index contributed by atoms with van der Waals surface area (Å²) in [5.74, 6) is 0.275. The van der Waals surface area contributed by atoms with Crippen LogP contribution in [0.3, 0.4) is 0 Å². The van der Waals surface area contributed by atoms with Gasteiger partial charge in [0, 0.05) is 24.7 Å². The molecule has 150 valence electrons. The minimum atomic E-state index is -3.52. The number of nitrogens with one attached hydrogen (secondary N) is 1. The molecular formula is C19H21ClN2O5S. The standard InChI is InChI=1S/C19H21ClN2O5S/c20-16-3-5-17(6-4-16)27-14-19(23)21-13-15-1-7-18(8-2-15)28(24,25)22-9-11-26-12-10-22/h1-8H,9-14H2,(H,21,23). The van der Waals surface area contributed by atoms with Crippen molar-refractivity contribution in [1.29, 1.82) is 0 Å². The van der Waals surface area contributed by atoms with Crippen molar-refractivity contribution in [1.82, 2.24) is 9.62 Å². The molecule has 28 heavy (non-hydrogen) atoms. The fourth-order valence-electron chi connectivity index (χ4n) is 2.65. The van der Waals surface area contributed by atoms with E-state index in [0.29, 0.717) is 37.1 Å². The lowest BCUT2D eigenvalue weighted by atomic mass is 10.2. The van der Waals surface area contributed by atoms with E-state index in [4.69, 9.17) is 21.1 Å². The highest BCUT2D eigenvalue weighted by atomic mass is 35.5. The Labute approximate surface area is 169 Å². The number of morpholine rings is 1. The number of benzene rings is 2. The van der Waals surface area contributed by atoms with E-state index in [2.05, 4.69) is 5.32 Å². The number of sulfonamides is 1. The van der Waals surface area contributed by atoms with Crippen LogP contribution in [-0.4, -0.2) is 51.5 Å². The number of hydrogen-bond acceptors (Lipinski definition) is 5. The van der Waals surface area contributed by atoms with E-state index in [1.807, 2.05) is 0 Å². The Morgan fingerprint density at radius 2 is 1.71 bits per heavy atom. The third-order valence-corrected chi connectivity index (χ3v) is 6.37. The van der Waals surface area contributed by atoms with E-state index in [9.17, 15) is 13.2 Å². The second-order valence-corrected chi connectivity index (χ2v) is 8.55. The maximum absolute atomic E-state index is 12.6. The lowest BCUT2D eigenvalue weighted by molar-refractivity contribution is -0.123. The molecule has 1 amide bonds. The van der Waals surface area contributed by atoms with Crippen molar-refractivity contribution in [3.8, 4) is 5.75 Å². The van der Waals surface area contributed by atoms with Crippen LogP contribution >= 0.6 is 11.6 Å². The Kier molecular flexibility index (Phi) is 6.90. The molecule has 0 aliphatic carbocycles. The Morgan fingerprint density at radius 1 is 1.07 bits per heavy atom. The van der Waals surface area contributed by atoms with Gasteiger partial charge in [0.25, 0.3) is 5.91 Å². The normalized spacial score (nSPS) is 15.2. The molecule has 0 unspecified atom stereocenters. The summed E-state index contributed by atoms with van der Waals surface area (Å²) in [6.45, 7) is 1.68. The first-order valence-corrected chi connectivity index (χ1v) is 10.6. The Bertz CT molecular complexity index is 895. The largest absolute Gasteiger partial charge is 0.484 e. The van der Waals surface area contributed by atoms with Crippen molar-refractivity contribution in [3.05, 3.63) is 59.1 Å². The molecule has 0 saturated carbocycles. The van der Waals surface area contributed by atoms with Crippen molar-refractivity contribution >= 4 is 27.5 Å². The molecule has 1 saturated heterocycles. The summed E-state index contributed by atoms with van der Waals surface area (Å²) < 4.78 is 37.2. The summed E-state index contributed by atoms with van der Waals surface area (Å²) in [6, 6.07) is 13.2. The molecular weight excluding hydrogens is 404 g/mol. The molecule has 1 heterocycles. The number of amides is 1. The lowest BCUT2D eigenvalue weighted by Crippen LogP contribution is -2.40. The number of carbonyl (C=O) groups is 1. The monoisotopic (exact) mass is 424 g/mol. The second kappa shape index (κ2) is 9.38. The molecule has 0 spiro atoms. The molecule has 1 aliphatic rings. The average molecular weight is 425 g/mol. The smallest absolute Gasteiger partial charge is 0.258 e. The molecule has 0 atom stereocenters. The molecule has 3 rings (SSSR count). The molecule has 2 aromatic rings. The van der Waals surface area contributed by atoms with E-state index in [1.165, 1.54) is 4.31 Å². The zero-order valence-corrected chi connectivity index (χ0v) is 16.7. The number of hydrogen-bond donors (Lipinski definition) is 1. The maximum atomic E-state index is 12.6. The van der Waals surface area contributed by atoms with Gasteiger partial charge in [0.2, 0.25) is 10.0 Å². The number of halogens is 1. The van der Waals surface area contributed by atoms with Gasteiger partial charge in [-0.05, 0) is 42.0 Å². The van der Waals surface area contributed by atoms with E-state index >= 15 is 0 Å². The highest BCUT2D eigenvalue weighted by molar-refractivity contribution is 7.89. The number of ether oxygens (including phenoxy) is 2. The zero-order valence-electron chi connectivity index (χ0n) is 15.1. The number of carbonyl (C=O) groups excluding carboxylic acids is 1. The molecule has 0 radical (unpaired) electrons. The molecule has 0 aromatic heterocycles. The van der Waals surface area contributed by atoms with Crippen LogP contribution in [0.15, 0.2) is 53.4 Å². The predicted molar refractivity (Wildman–Crippen MR) is 105 cm³/mol. The third-order valence-electron chi connectivity index (χ3n) is 4.20. The first kappa shape index (κ1) is 20.6. The van der Waals surface area contributed by atoms with Gasteiger partial charge in [0.05, 0.1) is 18.1 Å². The predicted octanol–water partition coefficient (Wildman–Crippen LogP) is 2.06. The maximum Gasteiger partial charge on any atom is 0.258 e. The van der Waals surface area contributed by atoms with Gasteiger partial charge in [-0.3, -0.25) is 4.79 Å². The number of nitrogens with zero attached hydrogens (tertiary/aromatic N) is 1. The van der Waals surface area contributed by atoms with Crippen LogP contribution in [0.2, 0.25) is 5.02 Å². The molecule has 7 nitrogen and oxygen atoms in total. The average Bonchev–Trinajstić information content (AvgIpc) is 2.73. The van der Waals surface area contributed by atoms with Crippen molar-refractivity contribution in [2.45, 2.75) is 11.4 Å². The van der Waals surface area contributed by atoms with Gasteiger partial charge >= 0.3 is 0 Å². The van der Waals surface area contributed by atoms with Crippen molar-refractivity contribution in [3.63, 3.8) is 0 Å². The highest BCUT2D eigenvalue weighted by Crippen LogP contribution is 2.18. The Balaban J connectivity index is 1.49. The fourth-order valence-corrected chi connectivity index (χ4v) is 4.18. The summed E-state index contributed by atoms with van der Waals surface area (Å²) in [6.07, 6.45) is 0. The minimum absolute atomic E-state index is 0.120. The van der Waals surface area contributed by atoms with Crippen molar-refractivity contribution in [2.75, 3.05) is 32.9 Å². The van der Waals surface area contributed by atoms with Crippen LogP contribution in [0.1, 0.15) is 5.56 Å². The minimum Gasteiger partial charge on any atom is -0.484 e. The summed E-state index contributed by atoms with van der Waals surface area (Å²) in [7, 11) is -3.52. The molecule has 1 N–H and O–H groups in total. The molecule has 1 fully saturated rings. The van der Waals surface area contributed by atoms with Gasteiger partial charge in [0.1, 0.15) is 5.75 Å². The molecule has 9 heteroatoms. The van der Waals surface area contributed by atoms with Gasteiger partial charge in [-0.15, -0.1) is 0 Å². The van der Waals surface area contributed by atoms with Gasteiger partial charge in [-0.1, -0.05) is 23.7 Å². The Morgan fingerprint density at radius 3 is 2.36 bits per heavy atom. The Hall–Kier alpha value is -2.13. The van der Waals surface area contributed by atoms with Crippen molar-refractivity contribution < 1.29 is 22.7 Å². The van der Waals surface area contributed by atoms with Crippen LogP contribution < -0.4 is 10.1 Å². The number of rotatable bonds is 7. The van der Waals surface area contributed by atoms with Crippen LogP contribution in [0.4, 0.5) is 0 Å². The first-order valence-electron chi connectivity index (χ1n) is 8.77. The fraction of sp³-hybridized carbons (Fsp3) is 0.316. The summed E-state index contributed by atoms with van der Waals surface area (Å²) in [4.78, 5) is 12.1. The van der Waals surface area contributed by atoms with Gasteiger partial charge in [0.15, 0.2) is 6.61 Å². The summed E-state index contributed by atoms with van der Waals surface area (Å²) in [5, 5.41) is 3.33. The van der Waals surface area contributed by atoms with Crippen LogP contribution in [0.25, 0.3) is 0 Å². The SMILES string of the molecule is O=C(COc1ccc(Cl)cc1)NCc1ccc(S(=O)(=O)N2CCOCC2)cc1. The van der Waals surface area contributed by atoms with Gasteiger partial charge in [-0.25, -0.2) is 8.42 Å². The van der Waals surface area contributed by atoms with E-state index < -0.39 is 10.0 Å². The first-order chi connectivity index (χ1) is 13.4. The summed E-state index contributed by atoms with van der Waals surface area (Å²) >= 11 is 5.79. The summed E-state index contributed by atoms with van der Waals surface area (Å²) in [5.41, 5.74) is 0.792. The zero-order chi connectivity index (χ0) is 20.0.